The van der Waals surface area contributed by atoms with Crippen LogP contribution in [0.1, 0.15) is 12.5 Å². The zero-order chi connectivity index (χ0) is 16.1. The fourth-order valence-corrected chi connectivity index (χ4v) is 3.35. The summed E-state index contributed by atoms with van der Waals surface area (Å²) < 4.78 is 5.76. The third-order valence-corrected chi connectivity index (χ3v) is 4.74. The Morgan fingerprint density at radius 1 is 1.04 bits per heavy atom. The molecule has 0 bridgehead atoms. The quantitative estimate of drug-likeness (QED) is 0.907. The third kappa shape index (κ3) is 3.98. The van der Waals surface area contributed by atoms with Gasteiger partial charge in [-0.15, -0.1) is 0 Å². The number of nitrogens with zero attached hydrogens (tertiary/aromatic N) is 1. The van der Waals surface area contributed by atoms with Crippen LogP contribution in [-0.2, 0) is 6.54 Å². The van der Waals surface area contributed by atoms with Gasteiger partial charge in [0.05, 0.1) is 38.5 Å². The van der Waals surface area contributed by atoms with Crippen molar-refractivity contribution in [2.24, 2.45) is 0 Å². The minimum atomic E-state index is 0.703. The number of ether oxygens (including phenoxy) is 1. The van der Waals surface area contributed by atoms with E-state index in [9.17, 15) is 0 Å². The molecule has 0 saturated carbocycles. The second-order valence-electron chi connectivity index (χ2n) is 5.91. The Bertz CT molecular complexity index is 639. The molecule has 1 fully saturated rings. The fraction of sp³-hybridized carbons (Fsp3) is 0.368. The van der Waals surface area contributed by atoms with Crippen LogP contribution in [-0.4, -0.2) is 32.8 Å². The summed E-state index contributed by atoms with van der Waals surface area (Å²) in [5.41, 5.74) is 2.46. The van der Waals surface area contributed by atoms with Crippen molar-refractivity contribution in [2.45, 2.75) is 13.5 Å². The summed E-state index contributed by atoms with van der Waals surface area (Å²) in [4.78, 5) is 4.02. The van der Waals surface area contributed by atoms with Gasteiger partial charge in [-0.05, 0) is 25.1 Å². The minimum absolute atomic E-state index is 0.703. The van der Waals surface area contributed by atoms with E-state index in [1.807, 2.05) is 25.1 Å². The van der Waals surface area contributed by atoms with Crippen molar-refractivity contribution in [1.82, 2.24) is 0 Å². The Labute approximate surface area is 143 Å². The Morgan fingerprint density at radius 3 is 2.48 bits per heavy atom. The highest BCUT2D eigenvalue weighted by molar-refractivity contribution is 6.31. The first-order valence-corrected chi connectivity index (χ1v) is 8.69. The van der Waals surface area contributed by atoms with Crippen LogP contribution in [0.25, 0.3) is 0 Å². The maximum Gasteiger partial charge on any atom is 0.142 e. The molecule has 1 N–H and O–H groups in total. The van der Waals surface area contributed by atoms with E-state index < -0.39 is 0 Å². The van der Waals surface area contributed by atoms with E-state index in [-0.39, 0.29) is 0 Å². The van der Waals surface area contributed by atoms with E-state index in [4.69, 9.17) is 16.3 Å². The summed E-state index contributed by atoms with van der Waals surface area (Å²) in [7, 11) is 0. The van der Waals surface area contributed by atoms with Crippen molar-refractivity contribution in [3.8, 4) is 5.75 Å². The van der Waals surface area contributed by atoms with Gasteiger partial charge in [0.15, 0.2) is 0 Å². The molecule has 0 spiro atoms. The van der Waals surface area contributed by atoms with Crippen molar-refractivity contribution < 1.29 is 9.64 Å². The number of quaternary nitrogens is 1. The number of piperazine rings is 1. The van der Waals surface area contributed by atoms with Crippen molar-refractivity contribution in [3.63, 3.8) is 0 Å². The van der Waals surface area contributed by atoms with E-state index >= 15 is 0 Å². The van der Waals surface area contributed by atoms with Gasteiger partial charge in [-0.25, -0.2) is 0 Å². The number of hydrogen-bond acceptors (Lipinski definition) is 2. The maximum atomic E-state index is 6.28. The average Bonchev–Trinajstić information content (AvgIpc) is 2.59. The molecular formula is C19H24ClN2O+. The molecule has 23 heavy (non-hydrogen) atoms. The van der Waals surface area contributed by atoms with Gasteiger partial charge >= 0.3 is 0 Å². The summed E-state index contributed by atoms with van der Waals surface area (Å²) >= 11 is 6.28. The van der Waals surface area contributed by atoms with Crippen molar-refractivity contribution >= 4 is 17.3 Å². The van der Waals surface area contributed by atoms with Crippen molar-refractivity contribution in [1.29, 1.82) is 0 Å². The molecule has 1 aliphatic rings. The number of nitrogens with one attached hydrogen (secondary N) is 1. The SMILES string of the molecule is CCOc1ccccc1N1CC[NH+](Cc2ccccc2Cl)CC1. The van der Waals surface area contributed by atoms with Gasteiger partial charge in [0.2, 0.25) is 0 Å². The molecule has 0 atom stereocenters. The Kier molecular flexibility index (Phi) is 5.42. The third-order valence-electron chi connectivity index (χ3n) is 4.37. The summed E-state index contributed by atoms with van der Waals surface area (Å²) in [5, 5.41) is 0.879. The molecule has 0 unspecified atom stereocenters. The standard InChI is InChI=1S/C19H23ClN2O/c1-2-23-19-10-6-5-9-18(19)22-13-11-21(12-14-22)15-16-7-3-4-8-17(16)20/h3-10H,2,11-15H2,1H3/p+1. The van der Waals surface area contributed by atoms with E-state index in [1.165, 1.54) is 11.3 Å². The first-order chi connectivity index (χ1) is 11.3. The Morgan fingerprint density at radius 2 is 1.74 bits per heavy atom. The van der Waals surface area contributed by atoms with Crippen LogP contribution in [0.2, 0.25) is 5.02 Å². The summed E-state index contributed by atoms with van der Waals surface area (Å²) in [6.07, 6.45) is 0. The normalized spacial score (nSPS) is 15.7. The lowest BCUT2D eigenvalue weighted by molar-refractivity contribution is -0.914. The Balaban J connectivity index is 1.62. The molecule has 1 heterocycles. The smallest absolute Gasteiger partial charge is 0.142 e. The van der Waals surface area contributed by atoms with Crippen LogP contribution in [0.5, 0.6) is 5.75 Å². The lowest BCUT2D eigenvalue weighted by Gasteiger charge is -2.34. The second-order valence-corrected chi connectivity index (χ2v) is 6.31. The molecule has 2 aromatic rings. The van der Waals surface area contributed by atoms with Gasteiger partial charge in [-0.1, -0.05) is 41.9 Å². The first-order valence-electron chi connectivity index (χ1n) is 8.31. The summed E-state index contributed by atoms with van der Waals surface area (Å²) in [5.74, 6) is 0.990. The van der Waals surface area contributed by atoms with Crippen molar-refractivity contribution in [3.05, 3.63) is 59.1 Å². The second kappa shape index (κ2) is 7.71. The molecule has 0 aliphatic carbocycles. The molecule has 4 heteroatoms. The van der Waals surface area contributed by atoms with E-state index in [1.54, 1.807) is 4.90 Å². The molecule has 3 nitrogen and oxygen atoms in total. The van der Waals surface area contributed by atoms with Crippen LogP contribution in [0.3, 0.4) is 0 Å². The highest BCUT2D eigenvalue weighted by atomic mass is 35.5. The number of para-hydroxylation sites is 2. The number of rotatable bonds is 5. The van der Waals surface area contributed by atoms with Gasteiger partial charge in [-0.3, -0.25) is 0 Å². The van der Waals surface area contributed by atoms with Gasteiger partial charge in [-0.2, -0.15) is 0 Å². The van der Waals surface area contributed by atoms with E-state index in [0.717, 1.165) is 43.5 Å². The highest BCUT2D eigenvalue weighted by Gasteiger charge is 2.22. The van der Waals surface area contributed by atoms with Crippen LogP contribution >= 0.6 is 11.6 Å². The predicted octanol–water partition coefficient (Wildman–Crippen LogP) is 2.64. The zero-order valence-corrected chi connectivity index (χ0v) is 14.4. The van der Waals surface area contributed by atoms with Crippen molar-refractivity contribution in [2.75, 3.05) is 37.7 Å². The first kappa shape index (κ1) is 16.2. The lowest BCUT2D eigenvalue weighted by Crippen LogP contribution is -3.13. The van der Waals surface area contributed by atoms with Gasteiger partial charge < -0.3 is 14.5 Å². The molecule has 1 aliphatic heterocycles. The zero-order valence-electron chi connectivity index (χ0n) is 13.6. The molecule has 3 rings (SSSR count). The van der Waals surface area contributed by atoms with Crippen LogP contribution in [0.4, 0.5) is 5.69 Å². The molecule has 0 radical (unpaired) electrons. The van der Waals surface area contributed by atoms with Crippen LogP contribution < -0.4 is 14.5 Å². The van der Waals surface area contributed by atoms with Gasteiger partial charge in [0, 0.05) is 10.6 Å². The number of anilines is 1. The van der Waals surface area contributed by atoms with E-state index in [0.29, 0.717) is 6.61 Å². The van der Waals surface area contributed by atoms with E-state index in [2.05, 4.69) is 35.2 Å². The lowest BCUT2D eigenvalue weighted by atomic mass is 10.2. The monoisotopic (exact) mass is 331 g/mol. The maximum absolute atomic E-state index is 6.28. The van der Waals surface area contributed by atoms with Gasteiger partial charge in [0.1, 0.15) is 12.3 Å². The Hall–Kier alpha value is -1.71. The van der Waals surface area contributed by atoms with Crippen LogP contribution in [0, 0.1) is 0 Å². The molecule has 2 aromatic carbocycles. The molecule has 1 saturated heterocycles. The number of halogens is 1. The highest BCUT2D eigenvalue weighted by Crippen LogP contribution is 2.27. The largest absolute Gasteiger partial charge is 0.492 e. The fourth-order valence-electron chi connectivity index (χ4n) is 3.15. The molecule has 0 amide bonds. The number of hydrogen-bond donors (Lipinski definition) is 1. The number of benzene rings is 2. The van der Waals surface area contributed by atoms with Gasteiger partial charge in [0.25, 0.3) is 0 Å². The molecular weight excluding hydrogens is 308 g/mol. The topological polar surface area (TPSA) is 16.9 Å². The predicted molar refractivity (Wildman–Crippen MR) is 95.7 cm³/mol. The minimum Gasteiger partial charge on any atom is -0.492 e. The average molecular weight is 332 g/mol. The summed E-state index contributed by atoms with van der Waals surface area (Å²) in [6.45, 7) is 8.06. The van der Waals surface area contributed by atoms with Crippen LogP contribution in [0.15, 0.2) is 48.5 Å². The molecule has 0 aromatic heterocycles. The summed E-state index contributed by atoms with van der Waals surface area (Å²) in [6, 6.07) is 16.5. The molecule has 122 valence electrons.